The van der Waals surface area contributed by atoms with E-state index in [2.05, 4.69) is 0 Å². The predicted molar refractivity (Wildman–Crippen MR) is 77.2 cm³/mol. The fraction of sp³-hybridized carbons (Fsp3) is 0.312. The van der Waals surface area contributed by atoms with Crippen molar-refractivity contribution in [3.8, 4) is 5.75 Å². The van der Waals surface area contributed by atoms with Gasteiger partial charge in [-0.05, 0) is 30.7 Å². The Labute approximate surface area is 122 Å². The number of carbonyl (C=O) groups is 1. The van der Waals surface area contributed by atoms with Crippen LogP contribution < -0.4 is 4.74 Å². The van der Waals surface area contributed by atoms with Crippen LogP contribution in [0.3, 0.4) is 0 Å². The molecule has 5 heteroatoms. The highest BCUT2D eigenvalue weighted by Crippen LogP contribution is 2.30. The molecule has 0 fully saturated rings. The summed E-state index contributed by atoms with van der Waals surface area (Å²) in [6, 6.07) is 7.44. The van der Waals surface area contributed by atoms with Crippen LogP contribution in [-0.2, 0) is 4.79 Å². The number of aliphatic hydroxyl groups is 2. The zero-order chi connectivity index (χ0) is 15.5. The Bertz CT molecular complexity index is 590. The molecule has 2 unspecified atom stereocenters. The van der Waals surface area contributed by atoms with E-state index in [4.69, 9.17) is 9.84 Å². The highest BCUT2D eigenvalue weighted by atomic mass is 16.5. The molecule has 0 radical (unpaired) electrons. The number of aryl methyl sites for hydroxylation is 1. The van der Waals surface area contributed by atoms with Gasteiger partial charge >= 0.3 is 5.97 Å². The lowest BCUT2D eigenvalue weighted by Gasteiger charge is -2.31. The number of allylic oxidation sites excluding steroid dienone is 1. The van der Waals surface area contributed by atoms with E-state index in [0.29, 0.717) is 5.75 Å². The normalized spacial score (nSPS) is 24.5. The Morgan fingerprint density at radius 1 is 1.38 bits per heavy atom. The second-order valence-electron chi connectivity index (χ2n) is 5.10. The first kappa shape index (κ1) is 15.1. The maximum absolute atomic E-state index is 11.2. The van der Waals surface area contributed by atoms with Crippen LogP contribution in [0, 0.1) is 12.8 Å². The molecule has 0 saturated heterocycles. The van der Waals surface area contributed by atoms with Crippen molar-refractivity contribution in [1.29, 1.82) is 0 Å². The van der Waals surface area contributed by atoms with E-state index in [1.54, 1.807) is 0 Å². The molecule has 0 aliphatic heterocycles. The smallest absolute Gasteiger partial charge is 0.313 e. The van der Waals surface area contributed by atoms with Crippen molar-refractivity contribution < 1.29 is 24.9 Å². The third-order valence-corrected chi connectivity index (χ3v) is 3.52. The van der Waals surface area contributed by atoms with E-state index >= 15 is 0 Å². The van der Waals surface area contributed by atoms with Crippen molar-refractivity contribution in [2.75, 3.05) is 6.61 Å². The average molecular weight is 290 g/mol. The van der Waals surface area contributed by atoms with Crippen LogP contribution in [0.5, 0.6) is 5.75 Å². The third kappa shape index (κ3) is 3.44. The van der Waals surface area contributed by atoms with Crippen LogP contribution in [0.1, 0.15) is 12.0 Å². The summed E-state index contributed by atoms with van der Waals surface area (Å²) in [5.41, 5.74) is -0.700. The minimum Gasteiger partial charge on any atom is -0.508 e. The molecule has 0 amide bonds. The molecule has 1 aliphatic carbocycles. The lowest BCUT2D eigenvalue weighted by Crippen LogP contribution is -2.42. The summed E-state index contributed by atoms with van der Waals surface area (Å²) in [5, 5.41) is 29.1. The summed E-state index contributed by atoms with van der Waals surface area (Å²) in [6.45, 7) is 2.04. The molecule has 5 nitrogen and oxygen atoms in total. The van der Waals surface area contributed by atoms with E-state index in [0.717, 1.165) is 11.6 Å². The fourth-order valence-corrected chi connectivity index (χ4v) is 2.32. The maximum atomic E-state index is 11.2. The Kier molecular flexibility index (Phi) is 4.33. The van der Waals surface area contributed by atoms with Gasteiger partial charge in [-0.25, -0.2) is 0 Å². The van der Waals surface area contributed by atoms with Crippen LogP contribution in [0.15, 0.2) is 48.3 Å². The van der Waals surface area contributed by atoms with Gasteiger partial charge in [0.15, 0.2) is 0 Å². The van der Waals surface area contributed by atoms with Gasteiger partial charge in [-0.1, -0.05) is 24.3 Å². The van der Waals surface area contributed by atoms with Crippen LogP contribution in [0.25, 0.3) is 0 Å². The number of rotatable bonds is 5. The summed E-state index contributed by atoms with van der Waals surface area (Å²) in [5.74, 6) is -1.71. The molecule has 112 valence electrons. The van der Waals surface area contributed by atoms with Crippen LogP contribution in [-0.4, -0.2) is 33.5 Å². The summed E-state index contributed by atoms with van der Waals surface area (Å²) in [6.07, 6.45) is 3.78. The lowest BCUT2D eigenvalue weighted by molar-refractivity contribution is -0.146. The molecule has 0 spiro atoms. The van der Waals surface area contributed by atoms with Crippen molar-refractivity contribution >= 4 is 5.97 Å². The van der Waals surface area contributed by atoms with Crippen molar-refractivity contribution in [2.45, 2.75) is 18.9 Å². The van der Waals surface area contributed by atoms with E-state index in [-0.39, 0.29) is 18.8 Å². The van der Waals surface area contributed by atoms with Gasteiger partial charge in [0.2, 0.25) is 0 Å². The summed E-state index contributed by atoms with van der Waals surface area (Å²) >= 11 is 0. The molecule has 21 heavy (non-hydrogen) atoms. The number of carboxylic acid groups (broad SMARTS) is 1. The van der Waals surface area contributed by atoms with Gasteiger partial charge in [-0.15, -0.1) is 0 Å². The van der Waals surface area contributed by atoms with Crippen molar-refractivity contribution in [3.05, 3.63) is 53.8 Å². The minimum atomic E-state index is -1.66. The molecule has 2 atom stereocenters. The first-order valence-electron chi connectivity index (χ1n) is 6.66. The summed E-state index contributed by atoms with van der Waals surface area (Å²) < 4.78 is 5.58. The number of hydrogen-bond donors (Lipinski definition) is 3. The first-order valence-corrected chi connectivity index (χ1v) is 6.66. The quantitative estimate of drug-likeness (QED) is 0.774. The van der Waals surface area contributed by atoms with E-state index in [1.165, 1.54) is 12.2 Å². The summed E-state index contributed by atoms with van der Waals surface area (Å²) in [4.78, 5) is 11.2. The van der Waals surface area contributed by atoms with Crippen molar-refractivity contribution in [2.24, 2.45) is 5.92 Å². The Hall–Kier alpha value is -2.27. The standard InChI is InChI=1S/C16H18O5/c1-11-4-2-3-5-14(11)21-9-8-16(20)10-12(17)6-7-13(16)15(18)19/h2-7,10,13,17,20H,8-9H2,1H3,(H,18,19). The Morgan fingerprint density at radius 2 is 2.10 bits per heavy atom. The van der Waals surface area contributed by atoms with Gasteiger partial charge in [0.25, 0.3) is 0 Å². The Balaban J connectivity index is 2.05. The van der Waals surface area contributed by atoms with Crippen LogP contribution in [0.2, 0.25) is 0 Å². The minimum absolute atomic E-state index is 0.0622. The monoisotopic (exact) mass is 290 g/mol. The second kappa shape index (κ2) is 6.01. The van der Waals surface area contributed by atoms with E-state index in [9.17, 15) is 15.0 Å². The van der Waals surface area contributed by atoms with Crippen LogP contribution in [0.4, 0.5) is 0 Å². The van der Waals surface area contributed by atoms with Gasteiger partial charge in [0.1, 0.15) is 23.0 Å². The molecule has 3 N–H and O–H groups in total. The SMILES string of the molecule is Cc1ccccc1OCCC1(O)C=C(O)C=CC1C(=O)O. The Morgan fingerprint density at radius 3 is 2.76 bits per heavy atom. The average Bonchev–Trinajstić information content (AvgIpc) is 2.40. The van der Waals surface area contributed by atoms with Crippen molar-refractivity contribution in [1.82, 2.24) is 0 Å². The highest BCUT2D eigenvalue weighted by Gasteiger charge is 2.40. The maximum Gasteiger partial charge on any atom is 0.313 e. The predicted octanol–water partition coefficient (Wildman–Crippen LogP) is 2.21. The van der Waals surface area contributed by atoms with Crippen molar-refractivity contribution in [3.63, 3.8) is 0 Å². The topological polar surface area (TPSA) is 87.0 Å². The third-order valence-electron chi connectivity index (χ3n) is 3.52. The van der Waals surface area contributed by atoms with E-state index in [1.807, 2.05) is 31.2 Å². The molecule has 0 bridgehead atoms. The fourth-order valence-electron chi connectivity index (χ4n) is 2.32. The van der Waals surface area contributed by atoms with Gasteiger partial charge < -0.3 is 20.1 Å². The zero-order valence-electron chi connectivity index (χ0n) is 11.7. The van der Waals surface area contributed by atoms with E-state index < -0.39 is 17.5 Å². The number of ether oxygens (including phenoxy) is 1. The second-order valence-corrected chi connectivity index (χ2v) is 5.10. The number of hydrogen-bond acceptors (Lipinski definition) is 4. The van der Waals surface area contributed by atoms with Gasteiger partial charge in [0.05, 0.1) is 6.61 Å². The lowest BCUT2D eigenvalue weighted by atomic mass is 9.81. The molecular formula is C16H18O5. The first-order chi connectivity index (χ1) is 9.92. The molecule has 0 heterocycles. The van der Waals surface area contributed by atoms with Gasteiger partial charge in [-0.2, -0.15) is 0 Å². The molecule has 2 rings (SSSR count). The molecule has 1 aromatic carbocycles. The molecular weight excluding hydrogens is 272 g/mol. The highest BCUT2D eigenvalue weighted by molar-refractivity contribution is 5.75. The van der Waals surface area contributed by atoms with Gasteiger partial charge in [0, 0.05) is 6.42 Å². The molecule has 0 saturated carbocycles. The number of aliphatic hydroxyl groups excluding tert-OH is 1. The zero-order valence-corrected chi connectivity index (χ0v) is 11.7. The number of benzene rings is 1. The summed E-state index contributed by atoms with van der Waals surface area (Å²) in [7, 11) is 0. The molecule has 1 aromatic rings. The van der Waals surface area contributed by atoms with Gasteiger partial charge in [-0.3, -0.25) is 4.79 Å². The number of para-hydroxylation sites is 1. The largest absolute Gasteiger partial charge is 0.508 e. The molecule has 0 aromatic heterocycles. The van der Waals surface area contributed by atoms with Crippen LogP contribution >= 0.6 is 0 Å². The molecule has 1 aliphatic rings. The number of carboxylic acids is 1. The number of aliphatic carboxylic acids is 1.